The van der Waals surface area contributed by atoms with Crippen LogP contribution in [0, 0.1) is 0 Å². The maximum atomic E-state index is 12.8. The SMILES string of the molecule is NCc1ccn2c(Cc3cccc(C(F)(F)F)c3)ncc2c1. The zero-order valence-corrected chi connectivity index (χ0v) is 11.6. The molecule has 0 fully saturated rings. The van der Waals surface area contributed by atoms with E-state index < -0.39 is 11.7 Å². The second-order valence-electron chi connectivity index (χ2n) is 5.08. The van der Waals surface area contributed by atoms with Gasteiger partial charge in [-0.1, -0.05) is 18.2 Å². The molecule has 1 aromatic carbocycles. The third kappa shape index (κ3) is 2.82. The first kappa shape index (κ1) is 14.6. The average Bonchev–Trinajstić information content (AvgIpc) is 2.89. The Morgan fingerprint density at radius 3 is 2.64 bits per heavy atom. The first-order valence-electron chi connectivity index (χ1n) is 6.78. The number of pyridine rings is 1. The minimum absolute atomic E-state index is 0.333. The lowest BCUT2D eigenvalue weighted by Gasteiger charge is -2.08. The topological polar surface area (TPSA) is 43.3 Å². The van der Waals surface area contributed by atoms with E-state index >= 15 is 0 Å². The van der Waals surface area contributed by atoms with Gasteiger partial charge < -0.3 is 10.1 Å². The summed E-state index contributed by atoms with van der Waals surface area (Å²) >= 11 is 0. The maximum absolute atomic E-state index is 12.8. The standard InChI is InChI=1S/C16H14F3N3/c17-16(18,19)13-3-1-2-11(6-13)8-15-21-10-14-7-12(9-20)4-5-22(14)15/h1-7,10H,8-9,20H2. The zero-order chi connectivity index (χ0) is 15.7. The van der Waals surface area contributed by atoms with Crippen molar-refractivity contribution < 1.29 is 13.2 Å². The summed E-state index contributed by atoms with van der Waals surface area (Å²) in [6, 6.07) is 9.12. The van der Waals surface area contributed by atoms with Gasteiger partial charge in [-0.15, -0.1) is 0 Å². The fourth-order valence-electron chi connectivity index (χ4n) is 2.40. The first-order chi connectivity index (χ1) is 10.5. The Bertz CT molecular complexity index is 806. The van der Waals surface area contributed by atoms with Crippen molar-refractivity contribution in [3.63, 3.8) is 0 Å². The Balaban J connectivity index is 1.93. The zero-order valence-electron chi connectivity index (χ0n) is 11.6. The summed E-state index contributed by atoms with van der Waals surface area (Å²) in [6.45, 7) is 0.435. The van der Waals surface area contributed by atoms with Crippen molar-refractivity contribution in [3.8, 4) is 0 Å². The molecule has 0 unspecified atom stereocenters. The molecule has 0 bridgehead atoms. The van der Waals surface area contributed by atoms with Crippen molar-refractivity contribution >= 4 is 5.52 Å². The predicted octanol–water partition coefficient (Wildman–Crippen LogP) is 3.40. The monoisotopic (exact) mass is 305 g/mol. The molecule has 0 aliphatic heterocycles. The average molecular weight is 305 g/mol. The second kappa shape index (κ2) is 5.46. The number of aromatic nitrogens is 2. The number of halogens is 3. The first-order valence-corrected chi connectivity index (χ1v) is 6.78. The molecule has 3 aromatic rings. The van der Waals surface area contributed by atoms with E-state index in [0.717, 1.165) is 23.2 Å². The smallest absolute Gasteiger partial charge is 0.326 e. The summed E-state index contributed by atoms with van der Waals surface area (Å²) in [5, 5.41) is 0. The minimum Gasteiger partial charge on any atom is -0.326 e. The molecule has 0 spiro atoms. The number of alkyl halides is 3. The number of rotatable bonds is 3. The van der Waals surface area contributed by atoms with E-state index in [1.807, 2.05) is 22.7 Å². The highest BCUT2D eigenvalue weighted by Gasteiger charge is 2.30. The van der Waals surface area contributed by atoms with Gasteiger partial charge in [-0.2, -0.15) is 13.2 Å². The number of imidazole rings is 1. The van der Waals surface area contributed by atoms with Gasteiger partial charge in [0.2, 0.25) is 0 Å². The van der Waals surface area contributed by atoms with E-state index in [2.05, 4.69) is 4.98 Å². The number of fused-ring (bicyclic) bond motifs is 1. The van der Waals surface area contributed by atoms with Crippen LogP contribution in [0.2, 0.25) is 0 Å². The minimum atomic E-state index is -4.33. The fraction of sp³-hybridized carbons (Fsp3) is 0.188. The van der Waals surface area contributed by atoms with Gasteiger partial charge >= 0.3 is 6.18 Å². The molecule has 0 amide bonds. The Kier molecular flexibility index (Phi) is 3.62. The number of nitrogens with two attached hydrogens (primary N) is 1. The van der Waals surface area contributed by atoms with Crippen molar-refractivity contribution in [3.05, 3.63) is 71.3 Å². The van der Waals surface area contributed by atoms with Gasteiger partial charge in [0.1, 0.15) is 5.82 Å². The summed E-state index contributed by atoms with van der Waals surface area (Å²) in [5.41, 5.74) is 7.39. The highest BCUT2D eigenvalue weighted by Crippen LogP contribution is 2.30. The van der Waals surface area contributed by atoms with Crippen LogP contribution in [0.4, 0.5) is 13.2 Å². The van der Waals surface area contributed by atoms with Gasteiger partial charge in [0, 0.05) is 19.2 Å². The molecular formula is C16H14F3N3. The van der Waals surface area contributed by atoms with Crippen LogP contribution in [0.5, 0.6) is 0 Å². The van der Waals surface area contributed by atoms with Crippen LogP contribution in [0.3, 0.4) is 0 Å². The van der Waals surface area contributed by atoms with Crippen molar-refractivity contribution in [2.75, 3.05) is 0 Å². The molecule has 3 nitrogen and oxygen atoms in total. The van der Waals surface area contributed by atoms with Crippen LogP contribution in [-0.2, 0) is 19.1 Å². The predicted molar refractivity (Wildman–Crippen MR) is 77.3 cm³/mol. The van der Waals surface area contributed by atoms with Gasteiger partial charge in [-0.25, -0.2) is 4.98 Å². The summed E-state index contributed by atoms with van der Waals surface area (Å²) in [5.74, 6) is 0.692. The molecule has 22 heavy (non-hydrogen) atoms. The van der Waals surface area contributed by atoms with Crippen molar-refractivity contribution in [2.24, 2.45) is 5.73 Å². The highest BCUT2D eigenvalue weighted by atomic mass is 19.4. The van der Waals surface area contributed by atoms with E-state index in [1.165, 1.54) is 6.07 Å². The molecule has 2 aromatic heterocycles. The maximum Gasteiger partial charge on any atom is 0.416 e. The molecule has 3 rings (SSSR count). The van der Waals surface area contributed by atoms with E-state index in [4.69, 9.17) is 5.73 Å². The number of nitrogens with zero attached hydrogens (tertiary/aromatic N) is 2. The Morgan fingerprint density at radius 1 is 1.09 bits per heavy atom. The number of hydrogen-bond donors (Lipinski definition) is 1. The molecular weight excluding hydrogens is 291 g/mol. The lowest BCUT2D eigenvalue weighted by Crippen LogP contribution is -2.06. The summed E-state index contributed by atoms with van der Waals surface area (Å²) in [4.78, 5) is 4.30. The van der Waals surface area contributed by atoms with Gasteiger partial charge in [0.15, 0.2) is 0 Å². The van der Waals surface area contributed by atoms with Gasteiger partial charge in [0.05, 0.1) is 17.3 Å². The molecule has 114 valence electrons. The summed E-state index contributed by atoms with van der Waals surface area (Å²) < 4.78 is 40.1. The van der Waals surface area contributed by atoms with Crippen LogP contribution >= 0.6 is 0 Å². The molecule has 0 saturated carbocycles. The Morgan fingerprint density at radius 2 is 1.91 bits per heavy atom. The number of benzene rings is 1. The number of hydrogen-bond acceptors (Lipinski definition) is 2. The van der Waals surface area contributed by atoms with Crippen LogP contribution < -0.4 is 5.73 Å². The van der Waals surface area contributed by atoms with E-state index in [9.17, 15) is 13.2 Å². The van der Waals surface area contributed by atoms with Gasteiger partial charge in [-0.3, -0.25) is 0 Å². The van der Waals surface area contributed by atoms with Gasteiger partial charge in [0.25, 0.3) is 0 Å². The molecule has 6 heteroatoms. The quantitative estimate of drug-likeness (QED) is 0.806. The lowest BCUT2D eigenvalue weighted by atomic mass is 10.1. The van der Waals surface area contributed by atoms with Crippen LogP contribution in [0.25, 0.3) is 5.52 Å². The molecule has 0 saturated heterocycles. The summed E-state index contributed by atoms with van der Waals surface area (Å²) in [7, 11) is 0. The van der Waals surface area contributed by atoms with E-state index in [-0.39, 0.29) is 0 Å². The van der Waals surface area contributed by atoms with E-state index in [1.54, 1.807) is 12.3 Å². The fourth-order valence-corrected chi connectivity index (χ4v) is 2.40. The molecule has 2 N–H and O–H groups in total. The van der Waals surface area contributed by atoms with Gasteiger partial charge in [-0.05, 0) is 29.3 Å². The van der Waals surface area contributed by atoms with Crippen molar-refractivity contribution in [1.82, 2.24) is 9.38 Å². The molecule has 0 atom stereocenters. The van der Waals surface area contributed by atoms with Crippen LogP contribution in [0.15, 0.2) is 48.8 Å². The third-order valence-electron chi connectivity index (χ3n) is 3.53. The van der Waals surface area contributed by atoms with Crippen LogP contribution in [0.1, 0.15) is 22.5 Å². The molecule has 0 radical (unpaired) electrons. The van der Waals surface area contributed by atoms with E-state index in [0.29, 0.717) is 24.4 Å². The lowest BCUT2D eigenvalue weighted by molar-refractivity contribution is -0.137. The normalized spacial score (nSPS) is 12.0. The molecule has 2 heterocycles. The highest BCUT2D eigenvalue weighted by molar-refractivity contribution is 5.49. The Hall–Kier alpha value is -2.34. The molecule has 0 aliphatic carbocycles. The van der Waals surface area contributed by atoms with Crippen molar-refractivity contribution in [2.45, 2.75) is 19.1 Å². The summed E-state index contributed by atoms with van der Waals surface area (Å²) in [6.07, 6.45) is -0.462. The molecule has 0 aliphatic rings. The Labute approximate surface area is 125 Å². The largest absolute Gasteiger partial charge is 0.416 e. The second-order valence-corrected chi connectivity index (χ2v) is 5.08. The third-order valence-corrected chi connectivity index (χ3v) is 3.53. The van der Waals surface area contributed by atoms with Crippen LogP contribution in [-0.4, -0.2) is 9.38 Å². The van der Waals surface area contributed by atoms with Crippen molar-refractivity contribution in [1.29, 1.82) is 0 Å².